The molecule has 106 valence electrons. The number of ether oxygens (including phenoxy) is 1. The zero-order chi connectivity index (χ0) is 14.1. The first-order chi connectivity index (χ1) is 9.66. The first-order valence-electron chi connectivity index (χ1n) is 7.29. The topological polar surface area (TPSA) is 55.5 Å². The maximum atomic E-state index is 10.00. The van der Waals surface area contributed by atoms with Gasteiger partial charge in [0.1, 0.15) is 11.9 Å². The molecule has 2 aromatic carbocycles. The zero-order valence-corrected chi connectivity index (χ0v) is 11.8. The Morgan fingerprint density at radius 2 is 2.00 bits per heavy atom. The first-order valence-corrected chi connectivity index (χ1v) is 7.29. The standard InChI is InChI=1S/C17H21NO2/c1-11(18)13-10-9-12-5-2-3-6-14(12)17(13)20-16-8-4-7-15(16)19/h2-3,5-6,9-11,15-16,19H,4,7-8,18H2,1H3/t11-,15?,16?/m1/s1. The van der Waals surface area contributed by atoms with Gasteiger partial charge >= 0.3 is 0 Å². The summed E-state index contributed by atoms with van der Waals surface area (Å²) in [6.45, 7) is 1.96. The molecule has 0 heterocycles. The molecule has 3 nitrogen and oxygen atoms in total. The molecule has 3 heteroatoms. The highest BCUT2D eigenvalue weighted by molar-refractivity contribution is 5.89. The highest BCUT2D eigenvalue weighted by atomic mass is 16.5. The smallest absolute Gasteiger partial charge is 0.132 e. The van der Waals surface area contributed by atoms with E-state index in [1.54, 1.807) is 0 Å². The summed E-state index contributed by atoms with van der Waals surface area (Å²) in [6.07, 6.45) is 2.27. The fraction of sp³-hybridized carbons (Fsp3) is 0.412. The zero-order valence-electron chi connectivity index (χ0n) is 11.8. The van der Waals surface area contributed by atoms with Gasteiger partial charge in [0, 0.05) is 17.0 Å². The van der Waals surface area contributed by atoms with Gasteiger partial charge in [0.25, 0.3) is 0 Å². The number of hydrogen-bond donors (Lipinski definition) is 2. The van der Waals surface area contributed by atoms with Gasteiger partial charge in [-0.3, -0.25) is 0 Å². The van der Waals surface area contributed by atoms with Gasteiger partial charge in [-0.05, 0) is 31.6 Å². The number of rotatable bonds is 3. The molecule has 2 unspecified atom stereocenters. The van der Waals surface area contributed by atoms with Gasteiger partial charge in [-0.2, -0.15) is 0 Å². The van der Waals surface area contributed by atoms with Crippen molar-refractivity contribution < 1.29 is 9.84 Å². The minimum Gasteiger partial charge on any atom is -0.487 e. The molecule has 1 aliphatic rings. The SMILES string of the molecule is C[C@@H](N)c1ccc2ccccc2c1OC1CCCC1O. The molecule has 1 aliphatic carbocycles. The van der Waals surface area contributed by atoms with Crippen LogP contribution in [0.4, 0.5) is 0 Å². The number of benzene rings is 2. The fourth-order valence-corrected chi connectivity index (χ4v) is 2.95. The highest BCUT2D eigenvalue weighted by Crippen LogP contribution is 2.35. The van der Waals surface area contributed by atoms with Gasteiger partial charge in [0.2, 0.25) is 0 Å². The third-order valence-electron chi connectivity index (χ3n) is 4.09. The molecule has 20 heavy (non-hydrogen) atoms. The van der Waals surface area contributed by atoms with E-state index in [4.69, 9.17) is 10.5 Å². The molecule has 0 spiro atoms. The monoisotopic (exact) mass is 271 g/mol. The predicted octanol–water partition coefficient (Wildman–Crippen LogP) is 3.15. The van der Waals surface area contributed by atoms with E-state index in [-0.39, 0.29) is 18.2 Å². The Labute approximate surface area is 119 Å². The van der Waals surface area contributed by atoms with Crippen LogP contribution in [0.1, 0.15) is 37.8 Å². The van der Waals surface area contributed by atoms with Crippen molar-refractivity contribution in [3.8, 4) is 5.75 Å². The van der Waals surface area contributed by atoms with Crippen LogP contribution in [0, 0.1) is 0 Å². The number of nitrogens with two attached hydrogens (primary N) is 1. The van der Waals surface area contributed by atoms with Crippen molar-refractivity contribution in [2.24, 2.45) is 5.73 Å². The minimum atomic E-state index is -0.366. The molecule has 2 aromatic rings. The molecule has 3 atom stereocenters. The summed E-state index contributed by atoms with van der Waals surface area (Å²) in [4.78, 5) is 0. The van der Waals surface area contributed by atoms with Crippen molar-refractivity contribution in [2.75, 3.05) is 0 Å². The lowest BCUT2D eigenvalue weighted by molar-refractivity contribution is 0.0606. The van der Waals surface area contributed by atoms with Crippen molar-refractivity contribution in [2.45, 2.75) is 44.4 Å². The lowest BCUT2D eigenvalue weighted by Gasteiger charge is -2.22. The van der Waals surface area contributed by atoms with E-state index in [9.17, 15) is 5.11 Å². The summed E-state index contributed by atoms with van der Waals surface area (Å²) < 4.78 is 6.16. The van der Waals surface area contributed by atoms with Gasteiger partial charge in [0.15, 0.2) is 0 Å². The summed E-state index contributed by atoms with van der Waals surface area (Å²) in [5.41, 5.74) is 7.07. The summed E-state index contributed by atoms with van der Waals surface area (Å²) >= 11 is 0. The summed E-state index contributed by atoms with van der Waals surface area (Å²) in [5.74, 6) is 0.837. The van der Waals surface area contributed by atoms with E-state index in [1.165, 1.54) is 0 Å². The van der Waals surface area contributed by atoms with Crippen molar-refractivity contribution in [3.63, 3.8) is 0 Å². The molecular formula is C17H21NO2. The number of aliphatic hydroxyl groups excluding tert-OH is 1. The Bertz CT molecular complexity index is 609. The van der Waals surface area contributed by atoms with Crippen molar-refractivity contribution in [3.05, 3.63) is 42.0 Å². The normalized spacial score (nSPS) is 23.9. The lowest BCUT2D eigenvalue weighted by atomic mass is 10.0. The molecule has 0 aromatic heterocycles. The van der Waals surface area contributed by atoms with Crippen LogP contribution in [0.2, 0.25) is 0 Å². The van der Waals surface area contributed by atoms with E-state index in [1.807, 2.05) is 25.1 Å². The molecule has 0 aliphatic heterocycles. The molecule has 1 fully saturated rings. The molecule has 3 rings (SSSR count). The Balaban J connectivity index is 2.07. The van der Waals surface area contributed by atoms with E-state index < -0.39 is 0 Å². The molecule has 0 radical (unpaired) electrons. The second-order valence-corrected chi connectivity index (χ2v) is 5.65. The minimum absolute atomic E-state index is 0.0897. The van der Waals surface area contributed by atoms with Gasteiger partial charge in [-0.15, -0.1) is 0 Å². The summed E-state index contributed by atoms with van der Waals surface area (Å²) in [7, 11) is 0. The number of fused-ring (bicyclic) bond motifs is 1. The third-order valence-corrected chi connectivity index (χ3v) is 4.09. The van der Waals surface area contributed by atoms with Crippen LogP contribution in [0.15, 0.2) is 36.4 Å². The fourth-order valence-electron chi connectivity index (χ4n) is 2.95. The molecule has 1 saturated carbocycles. The van der Waals surface area contributed by atoms with Crippen LogP contribution in [-0.2, 0) is 0 Å². The second-order valence-electron chi connectivity index (χ2n) is 5.65. The van der Waals surface area contributed by atoms with Crippen LogP contribution >= 0.6 is 0 Å². The van der Waals surface area contributed by atoms with Crippen molar-refractivity contribution >= 4 is 10.8 Å². The quantitative estimate of drug-likeness (QED) is 0.901. The van der Waals surface area contributed by atoms with Crippen molar-refractivity contribution in [1.29, 1.82) is 0 Å². The van der Waals surface area contributed by atoms with E-state index in [2.05, 4.69) is 18.2 Å². The number of hydrogen-bond acceptors (Lipinski definition) is 3. The lowest BCUT2D eigenvalue weighted by Crippen LogP contribution is -2.26. The molecule has 0 bridgehead atoms. The molecule has 0 amide bonds. The molecule has 0 saturated heterocycles. The maximum absolute atomic E-state index is 10.00. The molecular weight excluding hydrogens is 250 g/mol. The van der Waals surface area contributed by atoms with E-state index >= 15 is 0 Å². The van der Waals surface area contributed by atoms with Gasteiger partial charge in [-0.1, -0.05) is 36.4 Å². The average molecular weight is 271 g/mol. The van der Waals surface area contributed by atoms with Crippen LogP contribution in [0.3, 0.4) is 0 Å². The maximum Gasteiger partial charge on any atom is 0.132 e. The van der Waals surface area contributed by atoms with Crippen LogP contribution < -0.4 is 10.5 Å². The first kappa shape index (κ1) is 13.4. The largest absolute Gasteiger partial charge is 0.487 e. The van der Waals surface area contributed by atoms with Gasteiger partial charge < -0.3 is 15.6 Å². The Kier molecular flexibility index (Phi) is 3.64. The second kappa shape index (κ2) is 5.43. The van der Waals surface area contributed by atoms with Crippen molar-refractivity contribution in [1.82, 2.24) is 0 Å². The Hall–Kier alpha value is -1.58. The van der Waals surface area contributed by atoms with Crippen LogP contribution in [0.5, 0.6) is 5.75 Å². The van der Waals surface area contributed by atoms with Gasteiger partial charge in [0.05, 0.1) is 6.10 Å². The molecule has 3 N–H and O–H groups in total. The third kappa shape index (κ3) is 2.39. The summed E-state index contributed by atoms with van der Waals surface area (Å²) in [5, 5.41) is 12.2. The van der Waals surface area contributed by atoms with E-state index in [0.717, 1.165) is 41.3 Å². The summed E-state index contributed by atoms with van der Waals surface area (Å²) in [6, 6.07) is 12.2. The highest BCUT2D eigenvalue weighted by Gasteiger charge is 2.28. The average Bonchev–Trinajstić information content (AvgIpc) is 2.84. The Morgan fingerprint density at radius 3 is 2.70 bits per heavy atom. The van der Waals surface area contributed by atoms with Gasteiger partial charge in [-0.25, -0.2) is 0 Å². The number of aliphatic hydroxyl groups is 1. The van der Waals surface area contributed by atoms with E-state index in [0.29, 0.717) is 0 Å². The van der Waals surface area contributed by atoms with Crippen LogP contribution in [0.25, 0.3) is 10.8 Å². The van der Waals surface area contributed by atoms with Crippen LogP contribution in [-0.4, -0.2) is 17.3 Å². The predicted molar refractivity (Wildman–Crippen MR) is 80.8 cm³/mol. The Morgan fingerprint density at radius 1 is 1.20 bits per heavy atom.